The standard InChI is InChI=1S/C53H39N3Si/c1-36-17-30-45(31-18-36)57(46-32-19-37(2)20-33-46)49-16-10-9-15-47(49)48-34-29-44(35-50(48)57)40-23-27-43(28-24-40)53-55-51(41-13-7-4-8-14-41)54-52(56-53)42-25-21-39(22-26-42)38-11-5-3-6-12-38/h3-35H,1-2H3. The van der Waals surface area contributed by atoms with Gasteiger partial charge in [-0.05, 0) is 68.0 Å². The van der Waals surface area contributed by atoms with Crippen molar-refractivity contribution in [1.82, 2.24) is 15.0 Å². The summed E-state index contributed by atoms with van der Waals surface area (Å²) in [5, 5.41) is 5.70. The molecule has 4 heteroatoms. The minimum Gasteiger partial charge on any atom is -0.208 e. The Morgan fingerprint density at radius 1 is 0.298 bits per heavy atom. The SMILES string of the molecule is Cc1ccc([Si]2(c3ccc(C)cc3)c3ccccc3-c3ccc(-c4ccc(-c5nc(-c6ccccc6)nc(-c6ccc(-c7ccccc7)cc6)n5)cc4)cc32)cc1. The molecule has 0 aliphatic carbocycles. The first-order chi connectivity index (χ1) is 28.0. The van der Waals surface area contributed by atoms with Crippen LogP contribution in [0.1, 0.15) is 11.1 Å². The van der Waals surface area contributed by atoms with Crippen LogP contribution in [0.15, 0.2) is 200 Å². The van der Waals surface area contributed by atoms with E-state index in [4.69, 9.17) is 15.0 Å². The molecule has 0 atom stereocenters. The number of benzene rings is 8. The van der Waals surface area contributed by atoms with Crippen molar-refractivity contribution in [3.05, 3.63) is 211 Å². The third-order valence-corrected chi connectivity index (χ3v) is 16.3. The molecule has 1 aliphatic rings. The fourth-order valence-corrected chi connectivity index (χ4v) is 13.6. The molecule has 1 aromatic heterocycles. The molecule has 0 bridgehead atoms. The normalized spacial score (nSPS) is 12.5. The maximum absolute atomic E-state index is 5.06. The van der Waals surface area contributed by atoms with Gasteiger partial charge in [0.15, 0.2) is 25.5 Å². The second-order valence-electron chi connectivity index (χ2n) is 15.0. The van der Waals surface area contributed by atoms with Gasteiger partial charge in [0, 0.05) is 16.7 Å². The van der Waals surface area contributed by atoms with Crippen LogP contribution in [0.2, 0.25) is 0 Å². The summed E-state index contributed by atoms with van der Waals surface area (Å²) >= 11 is 0. The van der Waals surface area contributed by atoms with Crippen LogP contribution in [-0.4, -0.2) is 23.0 Å². The molecule has 0 saturated heterocycles. The van der Waals surface area contributed by atoms with Gasteiger partial charge in [-0.15, -0.1) is 0 Å². The van der Waals surface area contributed by atoms with Gasteiger partial charge in [-0.2, -0.15) is 0 Å². The van der Waals surface area contributed by atoms with E-state index in [1.165, 1.54) is 54.1 Å². The van der Waals surface area contributed by atoms with Crippen LogP contribution in [0.25, 0.3) is 67.5 Å². The van der Waals surface area contributed by atoms with Gasteiger partial charge in [0.2, 0.25) is 0 Å². The number of nitrogens with zero attached hydrogens (tertiary/aromatic N) is 3. The molecule has 0 saturated carbocycles. The second-order valence-corrected chi connectivity index (χ2v) is 18.7. The maximum Gasteiger partial charge on any atom is 0.180 e. The quantitative estimate of drug-likeness (QED) is 0.153. The highest BCUT2D eigenvalue weighted by Crippen LogP contribution is 2.33. The molecule has 10 rings (SSSR count). The average Bonchev–Trinajstić information content (AvgIpc) is 3.58. The van der Waals surface area contributed by atoms with Gasteiger partial charge in [-0.1, -0.05) is 211 Å². The van der Waals surface area contributed by atoms with Crippen LogP contribution in [-0.2, 0) is 0 Å². The van der Waals surface area contributed by atoms with Crippen LogP contribution < -0.4 is 20.7 Å². The van der Waals surface area contributed by atoms with E-state index in [1.807, 2.05) is 36.4 Å². The van der Waals surface area contributed by atoms with Crippen LogP contribution in [0, 0.1) is 13.8 Å². The fourth-order valence-electron chi connectivity index (χ4n) is 8.46. The van der Waals surface area contributed by atoms with E-state index in [2.05, 4.69) is 178 Å². The first kappa shape index (κ1) is 34.5. The maximum atomic E-state index is 5.06. The summed E-state index contributed by atoms with van der Waals surface area (Å²) in [6.07, 6.45) is 0. The third kappa shape index (κ3) is 6.12. The van der Waals surface area contributed by atoms with E-state index in [9.17, 15) is 0 Å². The van der Waals surface area contributed by atoms with Gasteiger partial charge >= 0.3 is 0 Å². The Bertz CT molecular complexity index is 2820. The first-order valence-corrected chi connectivity index (χ1v) is 21.5. The zero-order valence-corrected chi connectivity index (χ0v) is 32.9. The average molecular weight is 746 g/mol. The van der Waals surface area contributed by atoms with E-state index in [0.29, 0.717) is 17.5 Å². The molecule has 57 heavy (non-hydrogen) atoms. The van der Waals surface area contributed by atoms with Crippen molar-refractivity contribution in [2.45, 2.75) is 13.8 Å². The molecule has 3 nitrogen and oxygen atoms in total. The second kappa shape index (κ2) is 14.2. The summed E-state index contributed by atoms with van der Waals surface area (Å²) in [5.41, 5.74) is 12.7. The molecule has 2 heterocycles. The van der Waals surface area contributed by atoms with E-state index >= 15 is 0 Å². The number of aromatic nitrogens is 3. The lowest BCUT2D eigenvalue weighted by atomic mass is 9.99. The number of hydrogen-bond acceptors (Lipinski definition) is 3. The van der Waals surface area contributed by atoms with E-state index < -0.39 is 8.07 Å². The molecule has 0 radical (unpaired) electrons. The summed E-state index contributed by atoms with van der Waals surface area (Å²) in [6.45, 7) is 4.34. The van der Waals surface area contributed by atoms with Crippen molar-refractivity contribution in [2.24, 2.45) is 0 Å². The van der Waals surface area contributed by atoms with Gasteiger partial charge in [0.05, 0.1) is 0 Å². The molecule has 0 unspecified atom stereocenters. The fraction of sp³-hybridized carbons (Fsp3) is 0.0377. The Hall–Kier alpha value is -7.01. The van der Waals surface area contributed by atoms with Crippen molar-refractivity contribution in [2.75, 3.05) is 0 Å². The van der Waals surface area contributed by atoms with Gasteiger partial charge in [-0.3, -0.25) is 0 Å². The zero-order chi connectivity index (χ0) is 38.3. The topological polar surface area (TPSA) is 38.7 Å². The highest BCUT2D eigenvalue weighted by atomic mass is 28.3. The number of fused-ring (bicyclic) bond motifs is 3. The van der Waals surface area contributed by atoms with E-state index in [0.717, 1.165) is 27.8 Å². The summed E-state index contributed by atoms with van der Waals surface area (Å²) in [5.74, 6) is 1.94. The lowest BCUT2D eigenvalue weighted by molar-refractivity contribution is 1.07. The van der Waals surface area contributed by atoms with E-state index in [1.54, 1.807) is 0 Å². The Kier molecular flexibility index (Phi) is 8.62. The molecule has 0 spiro atoms. The Morgan fingerprint density at radius 2 is 0.667 bits per heavy atom. The summed E-state index contributed by atoms with van der Waals surface area (Å²) < 4.78 is 0. The van der Waals surface area contributed by atoms with Crippen molar-refractivity contribution >= 4 is 28.8 Å². The van der Waals surface area contributed by atoms with Crippen molar-refractivity contribution in [3.63, 3.8) is 0 Å². The van der Waals surface area contributed by atoms with Crippen molar-refractivity contribution in [1.29, 1.82) is 0 Å². The predicted octanol–water partition coefficient (Wildman–Crippen LogP) is 10.2. The van der Waals surface area contributed by atoms with Crippen molar-refractivity contribution in [3.8, 4) is 67.5 Å². The molecule has 8 aromatic carbocycles. The predicted molar refractivity (Wildman–Crippen MR) is 239 cm³/mol. The first-order valence-electron chi connectivity index (χ1n) is 19.5. The highest BCUT2D eigenvalue weighted by molar-refractivity contribution is 7.22. The molecule has 1 aliphatic heterocycles. The number of aryl methyl sites for hydroxylation is 2. The molecular formula is C53H39N3Si. The summed E-state index contributed by atoms with van der Waals surface area (Å²) in [7, 11) is -2.63. The number of hydrogen-bond donors (Lipinski definition) is 0. The molecule has 0 fully saturated rings. The third-order valence-electron chi connectivity index (χ3n) is 11.4. The van der Waals surface area contributed by atoms with Crippen LogP contribution in [0.3, 0.4) is 0 Å². The van der Waals surface area contributed by atoms with Gasteiger partial charge in [0.1, 0.15) is 0 Å². The monoisotopic (exact) mass is 745 g/mol. The summed E-state index contributed by atoms with van der Waals surface area (Å²) in [4.78, 5) is 15.0. The van der Waals surface area contributed by atoms with E-state index in [-0.39, 0.29) is 0 Å². The van der Waals surface area contributed by atoms with Gasteiger partial charge in [0.25, 0.3) is 0 Å². The Labute approximate surface area is 335 Å². The lowest BCUT2D eigenvalue weighted by Gasteiger charge is -2.31. The van der Waals surface area contributed by atoms with Crippen molar-refractivity contribution < 1.29 is 0 Å². The molecule has 270 valence electrons. The van der Waals surface area contributed by atoms with Crippen LogP contribution >= 0.6 is 0 Å². The highest BCUT2D eigenvalue weighted by Gasteiger charge is 2.48. The molecular weight excluding hydrogens is 707 g/mol. The zero-order valence-electron chi connectivity index (χ0n) is 31.9. The molecule has 9 aromatic rings. The van der Waals surface area contributed by atoms with Gasteiger partial charge < -0.3 is 0 Å². The minimum absolute atomic E-state index is 0.645. The number of rotatable bonds is 7. The van der Waals surface area contributed by atoms with Crippen LogP contribution in [0.5, 0.6) is 0 Å². The van der Waals surface area contributed by atoms with Crippen LogP contribution in [0.4, 0.5) is 0 Å². The largest absolute Gasteiger partial charge is 0.208 e. The molecule has 0 amide bonds. The smallest absolute Gasteiger partial charge is 0.180 e. The Morgan fingerprint density at radius 3 is 1.19 bits per heavy atom. The summed E-state index contributed by atoms with van der Waals surface area (Å²) in [6, 6.07) is 72.5. The minimum atomic E-state index is -2.63. The van der Waals surface area contributed by atoms with Gasteiger partial charge in [-0.25, -0.2) is 15.0 Å². The Balaban J connectivity index is 1.07. The lowest BCUT2D eigenvalue weighted by Crippen LogP contribution is -2.72. The molecule has 0 N–H and O–H groups in total.